The fourth-order valence-corrected chi connectivity index (χ4v) is 5.99. The number of nitrogens with zero attached hydrogens (tertiary/aromatic N) is 4. The van der Waals surface area contributed by atoms with Gasteiger partial charge in [-0.3, -0.25) is 14.2 Å². The number of rotatable bonds is 12. The zero-order valence-corrected chi connectivity index (χ0v) is 27.4. The summed E-state index contributed by atoms with van der Waals surface area (Å²) in [5.74, 6) is -1.18. The number of amides is 2. The van der Waals surface area contributed by atoms with Crippen LogP contribution in [0.3, 0.4) is 0 Å². The fourth-order valence-electron chi connectivity index (χ4n) is 5.99. The number of hydrogen-bond acceptors (Lipinski definition) is 13. The van der Waals surface area contributed by atoms with Crippen LogP contribution in [0.15, 0.2) is 24.3 Å². The number of cyclic esters (lactones) is 1. The molecule has 3 aromatic rings. The number of ether oxygens (including phenoxy) is 3. The Balaban J connectivity index is 1.15. The molecule has 2 aliphatic rings. The molecular formula is C32H41N7O9. The Morgan fingerprint density at radius 1 is 1.21 bits per heavy atom. The van der Waals surface area contributed by atoms with Crippen LogP contribution < -0.4 is 21.1 Å². The first-order valence-corrected chi connectivity index (χ1v) is 15.6. The van der Waals surface area contributed by atoms with E-state index in [1.807, 2.05) is 19.9 Å². The van der Waals surface area contributed by atoms with Gasteiger partial charge < -0.3 is 45.9 Å². The number of methoxy groups -OCH3 is 1. The van der Waals surface area contributed by atoms with Crippen molar-refractivity contribution in [1.82, 2.24) is 30.2 Å². The number of fused-ring (bicyclic) bond motifs is 2. The van der Waals surface area contributed by atoms with E-state index in [9.17, 15) is 29.7 Å². The van der Waals surface area contributed by atoms with Gasteiger partial charge in [0, 0.05) is 24.1 Å². The van der Waals surface area contributed by atoms with Gasteiger partial charge in [0.15, 0.2) is 17.7 Å². The summed E-state index contributed by atoms with van der Waals surface area (Å²) in [6.07, 6.45) is 0.573. The number of benzene rings is 1. The number of carbonyl (C=O) groups excluding carboxylic acids is 3. The number of aromatic hydroxyl groups is 1. The number of allylic oxidation sites excluding steroid dienone is 2. The number of esters is 1. The highest BCUT2D eigenvalue weighted by Gasteiger charge is 2.44. The monoisotopic (exact) mass is 667 g/mol. The summed E-state index contributed by atoms with van der Waals surface area (Å²) in [6, 6.07) is -0.867. The molecular weight excluding hydrogens is 626 g/mol. The number of aromatic nitrogens is 4. The van der Waals surface area contributed by atoms with Crippen molar-refractivity contribution in [1.29, 1.82) is 0 Å². The third-order valence-corrected chi connectivity index (χ3v) is 8.79. The molecule has 7 N–H and O–H groups in total. The number of nitrogens with two attached hydrogens (primary N) is 1. The second kappa shape index (κ2) is 14.1. The molecule has 2 amide bonds. The Kier molecular flexibility index (Phi) is 10.2. The minimum atomic E-state index is -1.34. The number of aliphatic hydroxyl groups excluding tert-OH is 2. The average molecular weight is 668 g/mol. The van der Waals surface area contributed by atoms with Crippen molar-refractivity contribution in [2.24, 2.45) is 5.92 Å². The van der Waals surface area contributed by atoms with E-state index in [-0.39, 0.29) is 54.9 Å². The summed E-state index contributed by atoms with van der Waals surface area (Å²) in [6.45, 7) is 7.20. The van der Waals surface area contributed by atoms with Crippen molar-refractivity contribution >= 4 is 34.8 Å². The molecule has 16 nitrogen and oxygen atoms in total. The molecule has 1 unspecified atom stereocenters. The Bertz CT molecular complexity index is 1760. The summed E-state index contributed by atoms with van der Waals surface area (Å²) >= 11 is 0. The highest BCUT2D eigenvalue weighted by atomic mass is 16.6. The predicted molar refractivity (Wildman–Crippen MR) is 171 cm³/mol. The first-order chi connectivity index (χ1) is 22.8. The lowest BCUT2D eigenvalue weighted by Gasteiger charge is -2.23. The Labute approximate surface area is 276 Å². The number of anilines is 1. The maximum atomic E-state index is 13.2. The number of imidazole rings is 1. The molecule has 1 fully saturated rings. The zero-order chi connectivity index (χ0) is 34.9. The second-order valence-corrected chi connectivity index (χ2v) is 12.3. The zero-order valence-electron chi connectivity index (χ0n) is 27.4. The summed E-state index contributed by atoms with van der Waals surface area (Å²) in [5, 5.41) is 37.7. The van der Waals surface area contributed by atoms with E-state index in [0.717, 1.165) is 11.1 Å². The van der Waals surface area contributed by atoms with Gasteiger partial charge in [-0.1, -0.05) is 25.5 Å². The van der Waals surface area contributed by atoms with Crippen LogP contribution in [-0.4, -0.2) is 90.6 Å². The molecule has 48 heavy (non-hydrogen) atoms. The largest absolute Gasteiger partial charge is 0.507 e. The molecule has 16 heteroatoms. The molecule has 2 aliphatic heterocycles. The van der Waals surface area contributed by atoms with Gasteiger partial charge in [0.05, 0.1) is 13.4 Å². The van der Waals surface area contributed by atoms with Crippen molar-refractivity contribution in [3.63, 3.8) is 0 Å². The van der Waals surface area contributed by atoms with Crippen molar-refractivity contribution in [2.75, 3.05) is 19.4 Å². The first-order valence-electron chi connectivity index (χ1n) is 15.6. The molecule has 0 aliphatic carbocycles. The molecule has 2 aromatic heterocycles. The number of nitrogens with one attached hydrogen (secondary N) is 2. The van der Waals surface area contributed by atoms with Crippen LogP contribution >= 0.6 is 0 Å². The summed E-state index contributed by atoms with van der Waals surface area (Å²) in [7, 11) is 1.50. The summed E-state index contributed by atoms with van der Waals surface area (Å²) in [5.41, 5.74) is 9.30. The quantitative estimate of drug-likeness (QED) is 0.117. The molecule has 0 radical (unpaired) electrons. The van der Waals surface area contributed by atoms with Gasteiger partial charge in [0.1, 0.15) is 59.9 Å². The minimum Gasteiger partial charge on any atom is -0.507 e. The Morgan fingerprint density at radius 2 is 1.96 bits per heavy atom. The molecule has 1 aromatic carbocycles. The number of phenols is 1. The third-order valence-electron chi connectivity index (χ3n) is 8.79. The van der Waals surface area contributed by atoms with Gasteiger partial charge in [-0.15, -0.1) is 0 Å². The van der Waals surface area contributed by atoms with Crippen LogP contribution in [0.2, 0.25) is 0 Å². The van der Waals surface area contributed by atoms with E-state index in [1.165, 1.54) is 24.3 Å². The van der Waals surface area contributed by atoms with Crippen LogP contribution in [0.4, 0.5) is 5.82 Å². The van der Waals surface area contributed by atoms with E-state index in [4.69, 9.17) is 19.9 Å². The molecule has 0 bridgehead atoms. The molecule has 258 valence electrons. The number of phenolic OH excluding ortho intramolecular Hbond substituents is 1. The normalized spacial score (nSPS) is 21.3. The van der Waals surface area contributed by atoms with E-state index < -0.39 is 42.5 Å². The molecule has 0 spiro atoms. The minimum absolute atomic E-state index is 0.0832. The summed E-state index contributed by atoms with van der Waals surface area (Å²) in [4.78, 5) is 50.5. The van der Waals surface area contributed by atoms with Crippen molar-refractivity contribution in [2.45, 2.75) is 84.1 Å². The fraction of sp³-hybridized carbons (Fsp3) is 0.500. The Hall–Kier alpha value is -4.80. The number of nitrogen functional groups attached to an aromatic ring is 1. The van der Waals surface area contributed by atoms with E-state index >= 15 is 0 Å². The maximum absolute atomic E-state index is 13.2. The Morgan fingerprint density at radius 3 is 2.67 bits per heavy atom. The van der Waals surface area contributed by atoms with Gasteiger partial charge in [0.25, 0.3) is 0 Å². The highest BCUT2D eigenvalue weighted by Crippen LogP contribution is 2.42. The average Bonchev–Trinajstić information content (AvgIpc) is 3.74. The smallest absolute Gasteiger partial charge is 0.342 e. The van der Waals surface area contributed by atoms with E-state index in [1.54, 1.807) is 13.8 Å². The number of carbonyl (C=O) groups is 3. The van der Waals surface area contributed by atoms with E-state index in [2.05, 4.69) is 25.6 Å². The van der Waals surface area contributed by atoms with Crippen molar-refractivity contribution in [3.05, 3.63) is 46.6 Å². The van der Waals surface area contributed by atoms with Crippen LogP contribution in [-0.2, 0) is 32.1 Å². The van der Waals surface area contributed by atoms with Gasteiger partial charge in [-0.2, -0.15) is 0 Å². The molecule has 1 saturated heterocycles. The molecule has 5 atom stereocenters. The predicted octanol–water partition coefficient (Wildman–Crippen LogP) is 0.947. The second-order valence-electron chi connectivity index (χ2n) is 12.3. The van der Waals surface area contributed by atoms with Crippen molar-refractivity contribution < 1.29 is 43.9 Å². The van der Waals surface area contributed by atoms with Gasteiger partial charge in [-0.25, -0.2) is 19.7 Å². The standard InChI is InChI=1S/C32H41N7O9/c1-14(2)22(30(44)34-10-19-25(42)26(43)31(48-19)39-13-37-23-28(33)35-12-36-29(23)39)38-20(40)9-7-15(3)6-8-17-24(41)21-18(11-47-32(21)45)16(4)27(17)46-5/h6,12-14,19,22,25-26,31,41-43H,7-11H2,1-5H3,(H,34,44)(H,38,40)(H2,33,35,36)/b15-6+/t19-,22?,25-,26-,31-/m1/s1. The van der Waals surface area contributed by atoms with Crippen LogP contribution in [0.25, 0.3) is 11.2 Å². The van der Waals surface area contributed by atoms with Crippen LogP contribution in [0.5, 0.6) is 11.5 Å². The van der Waals surface area contributed by atoms with Crippen LogP contribution in [0, 0.1) is 12.8 Å². The lowest BCUT2D eigenvalue weighted by atomic mass is 9.94. The number of aliphatic hydroxyl groups is 2. The van der Waals surface area contributed by atoms with Crippen molar-refractivity contribution in [3.8, 4) is 11.5 Å². The molecule has 0 saturated carbocycles. The number of hydrogen-bond donors (Lipinski definition) is 6. The van der Waals surface area contributed by atoms with Crippen LogP contribution in [0.1, 0.15) is 66.9 Å². The van der Waals surface area contributed by atoms with E-state index in [0.29, 0.717) is 34.5 Å². The third kappa shape index (κ3) is 6.63. The highest BCUT2D eigenvalue weighted by molar-refractivity contribution is 5.98. The van der Waals surface area contributed by atoms with Gasteiger partial charge >= 0.3 is 5.97 Å². The SMILES string of the molecule is COc1c(C)c2c(c(O)c1C/C=C(\C)CCC(=O)NC(C(=O)NC[C@H]1O[C@@H](n3cnc4c(N)ncnc43)[C@H](O)[C@@H]1O)C(C)C)C(=O)OC2. The maximum Gasteiger partial charge on any atom is 0.342 e. The lowest BCUT2D eigenvalue weighted by molar-refractivity contribution is -0.130. The lowest BCUT2D eigenvalue weighted by Crippen LogP contribution is -2.51. The summed E-state index contributed by atoms with van der Waals surface area (Å²) < 4.78 is 18.0. The molecule has 4 heterocycles. The topological polar surface area (TPSA) is 233 Å². The molecule has 5 rings (SSSR count). The first kappa shape index (κ1) is 34.5. The van der Waals surface area contributed by atoms with Gasteiger partial charge in [-0.05, 0) is 38.2 Å². The van der Waals surface area contributed by atoms with Gasteiger partial charge in [0.2, 0.25) is 11.8 Å².